The molecule has 0 aliphatic heterocycles. The fourth-order valence-corrected chi connectivity index (χ4v) is 3.34. The standard InChI is InChI=1S/C8H16Br4NO3P/c1-13(17(14,15)16)8(2-6(11)4-9)3-7(12)5-10/h6-8H,2-5H2,1H3,(H2,14,15,16). The van der Waals surface area contributed by atoms with Crippen LogP contribution < -0.4 is 0 Å². The van der Waals surface area contributed by atoms with Gasteiger partial charge in [-0.3, -0.25) is 0 Å². The van der Waals surface area contributed by atoms with Crippen molar-refractivity contribution in [2.45, 2.75) is 28.5 Å². The van der Waals surface area contributed by atoms with Crippen molar-refractivity contribution in [1.82, 2.24) is 4.67 Å². The van der Waals surface area contributed by atoms with Crippen LogP contribution >= 0.6 is 71.5 Å². The highest BCUT2D eigenvalue weighted by atomic mass is 79.9. The second-order valence-electron chi connectivity index (χ2n) is 3.72. The average molecular weight is 525 g/mol. The molecule has 2 unspecified atom stereocenters. The van der Waals surface area contributed by atoms with Crippen LogP contribution in [0.15, 0.2) is 0 Å². The molecule has 0 aromatic heterocycles. The van der Waals surface area contributed by atoms with E-state index in [1.807, 2.05) is 0 Å². The molecule has 0 amide bonds. The summed E-state index contributed by atoms with van der Waals surface area (Å²) in [5.74, 6) is 0. The van der Waals surface area contributed by atoms with E-state index >= 15 is 0 Å². The quantitative estimate of drug-likeness (QED) is 0.377. The number of nitrogens with zero attached hydrogens (tertiary/aromatic N) is 1. The molecule has 2 atom stereocenters. The number of halogens is 4. The summed E-state index contributed by atoms with van der Waals surface area (Å²) < 4.78 is 12.4. The summed E-state index contributed by atoms with van der Waals surface area (Å²) in [6.45, 7) is 0. The molecule has 0 aromatic rings. The SMILES string of the molecule is CN(C(CC(Br)CBr)CC(Br)CBr)P(=O)(O)O. The maximum atomic E-state index is 11.3. The summed E-state index contributed by atoms with van der Waals surface area (Å²) >= 11 is 13.6. The van der Waals surface area contributed by atoms with Crippen LogP contribution in [-0.2, 0) is 4.57 Å². The summed E-state index contributed by atoms with van der Waals surface area (Å²) in [5.41, 5.74) is 0. The number of hydrogen-bond donors (Lipinski definition) is 2. The van der Waals surface area contributed by atoms with E-state index in [9.17, 15) is 14.4 Å². The molecule has 9 heteroatoms. The van der Waals surface area contributed by atoms with Crippen molar-refractivity contribution >= 4 is 71.5 Å². The van der Waals surface area contributed by atoms with E-state index in [0.717, 1.165) is 15.3 Å². The summed E-state index contributed by atoms with van der Waals surface area (Å²) in [6.07, 6.45) is 1.34. The highest BCUT2D eigenvalue weighted by molar-refractivity contribution is 9.12. The molecule has 0 aliphatic rings. The number of hydrogen-bond acceptors (Lipinski definition) is 1. The molecule has 0 aromatic carbocycles. The smallest absolute Gasteiger partial charge is 0.312 e. The molecule has 0 bridgehead atoms. The van der Waals surface area contributed by atoms with Gasteiger partial charge in [0.05, 0.1) is 0 Å². The Labute approximate surface area is 136 Å². The molecule has 2 N–H and O–H groups in total. The maximum Gasteiger partial charge on any atom is 0.402 e. The fourth-order valence-electron chi connectivity index (χ4n) is 1.33. The van der Waals surface area contributed by atoms with E-state index in [1.54, 1.807) is 0 Å². The van der Waals surface area contributed by atoms with E-state index in [1.165, 1.54) is 7.05 Å². The Bertz CT molecular complexity index is 253. The predicted octanol–water partition coefficient (Wildman–Crippen LogP) is 3.48. The highest BCUT2D eigenvalue weighted by Gasteiger charge is 2.31. The molecular weight excluding hydrogens is 509 g/mol. The summed E-state index contributed by atoms with van der Waals surface area (Å²) in [5, 5.41) is 1.50. The molecule has 0 saturated carbocycles. The molecule has 17 heavy (non-hydrogen) atoms. The predicted molar refractivity (Wildman–Crippen MR) is 85.8 cm³/mol. The average Bonchev–Trinajstić information content (AvgIpc) is 2.25. The van der Waals surface area contributed by atoms with Gasteiger partial charge in [0.15, 0.2) is 0 Å². The molecule has 0 radical (unpaired) electrons. The summed E-state index contributed by atoms with van der Waals surface area (Å²) in [7, 11) is -2.72. The minimum Gasteiger partial charge on any atom is -0.312 e. The van der Waals surface area contributed by atoms with Crippen molar-refractivity contribution < 1.29 is 14.4 Å². The fraction of sp³-hybridized carbons (Fsp3) is 1.00. The lowest BCUT2D eigenvalue weighted by Crippen LogP contribution is -2.34. The lowest BCUT2D eigenvalue weighted by Gasteiger charge is -2.30. The Morgan fingerprint density at radius 2 is 1.47 bits per heavy atom. The third-order valence-electron chi connectivity index (χ3n) is 2.33. The Kier molecular flexibility index (Phi) is 10.1. The van der Waals surface area contributed by atoms with E-state index in [0.29, 0.717) is 12.8 Å². The first-order valence-electron chi connectivity index (χ1n) is 4.91. The zero-order valence-corrected chi connectivity index (χ0v) is 16.5. The van der Waals surface area contributed by atoms with E-state index < -0.39 is 7.75 Å². The second-order valence-corrected chi connectivity index (χ2v) is 9.26. The number of alkyl halides is 4. The van der Waals surface area contributed by atoms with Crippen LogP contribution in [0.3, 0.4) is 0 Å². The van der Waals surface area contributed by atoms with E-state index in [2.05, 4.69) is 63.7 Å². The van der Waals surface area contributed by atoms with Crippen LogP contribution in [0.5, 0.6) is 0 Å². The molecular formula is C8H16Br4NO3P. The van der Waals surface area contributed by atoms with Crippen molar-refractivity contribution in [2.75, 3.05) is 17.7 Å². The Morgan fingerprint density at radius 3 is 1.71 bits per heavy atom. The first-order valence-corrected chi connectivity index (χ1v) is 10.5. The topological polar surface area (TPSA) is 60.8 Å². The highest BCUT2D eigenvalue weighted by Crippen LogP contribution is 2.42. The molecule has 4 nitrogen and oxygen atoms in total. The third-order valence-corrected chi connectivity index (χ3v) is 8.17. The van der Waals surface area contributed by atoms with Crippen LogP contribution in [0.2, 0.25) is 0 Å². The van der Waals surface area contributed by atoms with Gasteiger partial charge >= 0.3 is 7.75 Å². The van der Waals surface area contributed by atoms with Crippen molar-refractivity contribution in [2.24, 2.45) is 0 Å². The van der Waals surface area contributed by atoms with Crippen LogP contribution in [0.25, 0.3) is 0 Å². The summed E-state index contributed by atoms with van der Waals surface area (Å²) in [6, 6.07) is -0.181. The number of rotatable bonds is 8. The van der Waals surface area contributed by atoms with Crippen LogP contribution in [0, 0.1) is 0 Å². The Morgan fingerprint density at radius 1 is 1.12 bits per heavy atom. The van der Waals surface area contributed by atoms with Gasteiger partial charge in [0.2, 0.25) is 0 Å². The van der Waals surface area contributed by atoms with Gasteiger partial charge in [0.25, 0.3) is 0 Å². The molecule has 0 heterocycles. The molecule has 0 fully saturated rings. The lowest BCUT2D eigenvalue weighted by molar-refractivity contribution is 0.240. The minimum atomic E-state index is -4.19. The van der Waals surface area contributed by atoms with Crippen LogP contribution in [0.1, 0.15) is 12.8 Å². The Hall–Kier alpha value is 2.03. The van der Waals surface area contributed by atoms with Gasteiger partial charge in [-0.05, 0) is 19.9 Å². The second kappa shape index (κ2) is 9.06. The largest absolute Gasteiger partial charge is 0.402 e. The summed E-state index contributed by atoms with van der Waals surface area (Å²) in [4.78, 5) is 18.8. The van der Waals surface area contributed by atoms with E-state index in [4.69, 9.17) is 0 Å². The first-order chi connectivity index (χ1) is 7.72. The van der Waals surface area contributed by atoms with Gasteiger partial charge in [-0.25, -0.2) is 9.24 Å². The van der Waals surface area contributed by atoms with Crippen molar-refractivity contribution in [3.8, 4) is 0 Å². The molecule has 0 saturated heterocycles. The normalized spacial score (nSPS) is 18.1. The van der Waals surface area contributed by atoms with Gasteiger partial charge in [-0.2, -0.15) is 0 Å². The third kappa shape index (κ3) is 8.02. The van der Waals surface area contributed by atoms with Gasteiger partial charge in [-0.1, -0.05) is 63.7 Å². The van der Waals surface area contributed by atoms with Gasteiger partial charge < -0.3 is 9.79 Å². The van der Waals surface area contributed by atoms with E-state index in [-0.39, 0.29) is 15.7 Å². The minimum absolute atomic E-state index is 0.181. The Balaban J connectivity index is 4.66. The molecule has 0 aliphatic carbocycles. The van der Waals surface area contributed by atoms with Crippen LogP contribution in [-0.4, -0.2) is 47.9 Å². The van der Waals surface area contributed by atoms with Gasteiger partial charge in [0, 0.05) is 26.4 Å². The molecule has 0 rings (SSSR count). The zero-order valence-electron chi connectivity index (χ0n) is 9.27. The van der Waals surface area contributed by atoms with Crippen molar-refractivity contribution in [3.05, 3.63) is 0 Å². The van der Waals surface area contributed by atoms with Crippen molar-refractivity contribution in [3.63, 3.8) is 0 Å². The zero-order chi connectivity index (χ0) is 13.6. The monoisotopic (exact) mass is 521 g/mol. The molecule has 104 valence electrons. The maximum absolute atomic E-state index is 11.3. The first kappa shape index (κ1) is 19.0. The molecule has 0 spiro atoms. The van der Waals surface area contributed by atoms with Gasteiger partial charge in [-0.15, -0.1) is 0 Å². The van der Waals surface area contributed by atoms with Crippen molar-refractivity contribution in [1.29, 1.82) is 0 Å². The lowest BCUT2D eigenvalue weighted by atomic mass is 10.1. The van der Waals surface area contributed by atoms with Crippen LogP contribution in [0.4, 0.5) is 0 Å². The van der Waals surface area contributed by atoms with Gasteiger partial charge in [0.1, 0.15) is 0 Å².